The summed E-state index contributed by atoms with van der Waals surface area (Å²) in [5, 5.41) is 4.22. The second-order valence-corrected chi connectivity index (χ2v) is 9.46. The molecule has 0 saturated carbocycles. The van der Waals surface area contributed by atoms with Gasteiger partial charge in [-0.05, 0) is 79.9 Å². The predicted octanol–water partition coefficient (Wildman–Crippen LogP) is 5.48. The van der Waals surface area contributed by atoms with Crippen LogP contribution in [0, 0.1) is 0 Å². The maximum absolute atomic E-state index is 12.4. The molecule has 36 heavy (non-hydrogen) atoms. The van der Waals surface area contributed by atoms with Crippen molar-refractivity contribution in [2.45, 2.75) is 37.9 Å². The van der Waals surface area contributed by atoms with E-state index in [1.165, 1.54) is 12.7 Å². The van der Waals surface area contributed by atoms with Crippen LogP contribution in [0.4, 0.5) is 0 Å². The zero-order valence-corrected chi connectivity index (χ0v) is 21.5. The van der Waals surface area contributed by atoms with E-state index in [1.54, 1.807) is 7.11 Å². The van der Waals surface area contributed by atoms with Crippen LogP contribution in [0.15, 0.2) is 72.8 Å². The summed E-state index contributed by atoms with van der Waals surface area (Å²) in [5.41, 5.74) is 2.25. The molecular formula is C29H33ClN2O4. The molecule has 0 aromatic heterocycles. The van der Waals surface area contributed by atoms with Crippen molar-refractivity contribution < 1.29 is 19.0 Å². The fourth-order valence-electron chi connectivity index (χ4n) is 4.55. The van der Waals surface area contributed by atoms with E-state index in [-0.39, 0.29) is 18.1 Å². The SMILES string of the molecule is COC(=O)C(Cc1ccc(Cl)cc1)NC1CCN(Cc2cccc(Oc3ccccc3OC)c2)CC1. The first kappa shape index (κ1) is 26.0. The van der Waals surface area contributed by atoms with Crippen molar-refractivity contribution in [3.05, 3.63) is 88.9 Å². The summed E-state index contributed by atoms with van der Waals surface area (Å²) in [6.45, 7) is 2.75. The van der Waals surface area contributed by atoms with Crippen molar-refractivity contribution in [2.24, 2.45) is 0 Å². The van der Waals surface area contributed by atoms with Crippen molar-refractivity contribution in [1.82, 2.24) is 10.2 Å². The van der Waals surface area contributed by atoms with Crippen LogP contribution in [0.2, 0.25) is 5.02 Å². The van der Waals surface area contributed by atoms with Crippen LogP contribution in [0.3, 0.4) is 0 Å². The fraction of sp³-hybridized carbons (Fsp3) is 0.345. The van der Waals surface area contributed by atoms with Gasteiger partial charge in [0, 0.05) is 17.6 Å². The molecule has 7 heteroatoms. The summed E-state index contributed by atoms with van der Waals surface area (Å²) in [7, 11) is 3.08. The highest BCUT2D eigenvalue weighted by molar-refractivity contribution is 6.30. The number of nitrogens with zero attached hydrogens (tertiary/aromatic N) is 1. The molecular weight excluding hydrogens is 476 g/mol. The van der Waals surface area contributed by atoms with Crippen LogP contribution >= 0.6 is 11.6 Å². The molecule has 190 valence electrons. The first-order valence-electron chi connectivity index (χ1n) is 12.2. The summed E-state index contributed by atoms with van der Waals surface area (Å²) in [6.07, 6.45) is 2.50. The Morgan fingerprint density at radius 3 is 2.39 bits per heavy atom. The van der Waals surface area contributed by atoms with Crippen LogP contribution in [0.5, 0.6) is 17.2 Å². The molecule has 1 saturated heterocycles. The molecule has 6 nitrogen and oxygen atoms in total. The zero-order chi connectivity index (χ0) is 25.3. The molecule has 1 heterocycles. The fourth-order valence-corrected chi connectivity index (χ4v) is 4.67. The number of carbonyl (C=O) groups is 1. The summed E-state index contributed by atoms with van der Waals surface area (Å²) >= 11 is 6.00. The van der Waals surface area contributed by atoms with Crippen molar-refractivity contribution >= 4 is 17.6 Å². The van der Waals surface area contributed by atoms with Crippen LogP contribution in [0.25, 0.3) is 0 Å². The molecule has 1 aliphatic heterocycles. The lowest BCUT2D eigenvalue weighted by Gasteiger charge is -2.34. The van der Waals surface area contributed by atoms with Gasteiger partial charge < -0.3 is 19.5 Å². The third-order valence-electron chi connectivity index (χ3n) is 6.46. The lowest BCUT2D eigenvalue weighted by molar-refractivity contribution is -0.143. The van der Waals surface area contributed by atoms with Gasteiger partial charge in [-0.1, -0.05) is 48.0 Å². The van der Waals surface area contributed by atoms with Gasteiger partial charge >= 0.3 is 5.97 Å². The third kappa shape index (κ3) is 7.23. The molecule has 1 fully saturated rings. The Morgan fingerprint density at radius 1 is 0.972 bits per heavy atom. The monoisotopic (exact) mass is 508 g/mol. The van der Waals surface area contributed by atoms with Crippen molar-refractivity contribution in [3.63, 3.8) is 0 Å². The van der Waals surface area contributed by atoms with E-state index in [2.05, 4.69) is 22.3 Å². The standard InChI is InChI=1S/C29H33ClN2O4/c1-34-27-8-3-4-9-28(27)36-25-7-5-6-22(18-25)20-32-16-14-24(15-17-32)31-26(29(33)35-2)19-21-10-12-23(30)13-11-21/h3-13,18,24,26,31H,14-17,19-20H2,1-2H3. The van der Waals surface area contributed by atoms with Crippen LogP contribution in [-0.2, 0) is 22.5 Å². The first-order chi connectivity index (χ1) is 17.5. The van der Waals surface area contributed by atoms with Gasteiger partial charge in [-0.15, -0.1) is 0 Å². The van der Waals surface area contributed by atoms with E-state index in [0.717, 1.165) is 43.8 Å². The highest BCUT2D eigenvalue weighted by Gasteiger charge is 2.26. The maximum atomic E-state index is 12.4. The van der Waals surface area contributed by atoms with Gasteiger partial charge in [0.25, 0.3) is 0 Å². The van der Waals surface area contributed by atoms with Crippen LogP contribution in [0.1, 0.15) is 24.0 Å². The number of hydrogen-bond acceptors (Lipinski definition) is 6. The van der Waals surface area contributed by atoms with Gasteiger partial charge in [0.15, 0.2) is 11.5 Å². The minimum Gasteiger partial charge on any atom is -0.493 e. The summed E-state index contributed by atoms with van der Waals surface area (Å²) in [4.78, 5) is 14.9. The van der Waals surface area contributed by atoms with E-state index in [4.69, 9.17) is 25.8 Å². The predicted molar refractivity (Wildman–Crippen MR) is 142 cm³/mol. The molecule has 1 aliphatic rings. The minimum atomic E-state index is -0.378. The normalized spacial score (nSPS) is 15.3. The number of nitrogens with one attached hydrogen (secondary N) is 1. The first-order valence-corrected chi connectivity index (χ1v) is 12.6. The number of ether oxygens (including phenoxy) is 3. The number of piperidine rings is 1. The second kappa shape index (κ2) is 12.8. The minimum absolute atomic E-state index is 0.237. The Labute approximate surface area is 218 Å². The van der Waals surface area contributed by atoms with E-state index in [9.17, 15) is 4.79 Å². The molecule has 1 unspecified atom stereocenters. The van der Waals surface area contributed by atoms with Gasteiger partial charge in [-0.2, -0.15) is 0 Å². The Hall–Kier alpha value is -3.06. The molecule has 3 aromatic carbocycles. The average molecular weight is 509 g/mol. The van der Waals surface area contributed by atoms with E-state index in [0.29, 0.717) is 22.9 Å². The van der Waals surface area contributed by atoms with Gasteiger partial charge in [0.05, 0.1) is 14.2 Å². The number of methoxy groups -OCH3 is 2. The van der Waals surface area contributed by atoms with Gasteiger partial charge in [0.1, 0.15) is 11.8 Å². The quantitative estimate of drug-likeness (QED) is 0.366. The number of hydrogen-bond donors (Lipinski definition) is 1. The van der Waals surface area contributed by atoms with Crippen molar-refractivity contribution in [1.29, 1.82) is 0 Å². The Bertz CT molecular complexity index is 1130. The smallest absolute Gasteiger partial charge is 0.323 e. The Kier molecular flexibility index (Phi) is 9.23. The molecule has 0 amide bonds. The van der Waals surface area contributed by atoms with Gasteiger partial charge in [-0.25, -0.2) is 0 Å². The molecule has 0 spiro atoms. The van der Waals surface area contributed by atoms with E-state index < -0.39 is 0 Å². The number of benzene rings is 3. The third-order valence-corrected chi connectivity index (χ3v) is 6.72. The van der Waals surface area contributed by atoms with E-state index in [1.807, 2.05) is 60.7 Å². The number of halogens is 1. The Morgan fingerprint density at radius 2 is 1.69 bits per heavy atom. The van der Waals surface area contributed by atoms with Crippen molar-refractivity contribution in [2.75, 3.05) is 27.3 Å². The largest absolute Gasteiger partial charge is 0.493 e. The van der Waals surface area contributed by atoms with Crippen LogP contribution in [-0.4, -0.2) is 50.3 Å². The van der Waals surface area contributed by atoms with Gasteiger partial charge in [-0.3, -0.25) is 9.69 Å². The highest BCUT2D eigenvalue weighted by atomic mass is 35.5. The number of likely N-dealkylation sites (tertiary alicyclic amines) is 1. The molecule has 3 aromatic rings. The van der Waals surface area contributed by atoms with Crippen molar-refractivity contribution in [3.8, 4) is 17.2 Å². The molecule has 1 atom stereocenters. The molecule has 0 bridgehead atoms. The second-order valence-electron chi connectivity index (χ2n) is 9.02. The lowest BCUT2D eigenvalue weighted by atomic mass is 10.00. The number of rotatable bonds is 10. The molecule has 1 N–H and O–H groups in total. The van der Waals surface area contributed by atoms with Crippen LogP contribution < -0.4 is 14.8 Å². The summed E-state index contributed by atoms with van der Waals surface area (Å²) in [5.74, 6) is 1.96. The summed E-state index contributed by atoms with van der Waals surface area (Å²) < 4.78 is 16.5. The number of para-hydroxylation sites is 2. The molecule has 4 rings (SSSR count). The Balaban J connectivity index is 1.30. The van der Waals surface area contributed by atoms with E-state index >= 15 is 0 Å². The highest BCUT2D eigenvalue weighted by Crippen LogP contribution is 2.31. The summed E-state index contributed by atoms with van der Waals surface area (Å²) in [6, 6.07) is 23.3. The lowest BCUT2D eigenvalue weighted by Crippen LogP contribution is -2.49. The number of esters is 1. The average Bonchev–Trinajstić information content (AvgIpc) is 2.90. The van der Waals surface area contributed by atoms with Gasteiger partial charge in [0.2, 0.25) is 0 Å². The maximum Gasteiger partial charge on any atom is 0.323 e. The molecule has 0 aliphatic carbocycles. The zero-order valence-electron chi connectivity index (χ0n) is 20.8. The topological polar surface area (TPSA) is 60.0 Å². The number of carbonyl (C=O) groups excluding carboxylic acids is 1. The molecule has 0 radical (unpaired) electrons.